The molecule has 0 fully saturated rings. The molecule has 0 aliphatic rings. The quantitative estimate of drug-likeness (QED) is 0.656. The Kier molecular flexibility index (Phi) is 13.6. The van der Waals surface area contributed by atoms with Crippen molar-refractivity contribution >= 4 is 22.7 Å². The van der Waals surface area contributed by atoms with E-state index in [2.05, 4.69) is 11.7 Å². The first kappa shape index (κ1) is 22.3. The maximum absolute atomic E-state index is 11.2. The van der Waals surface area contributed by atoms with Gasteiger partial charge in [0, 0.05) is 22.8 Å². The number of carbonyl (C=O) groups is 2. The molecule has 0 aromatic carbocycles. The summed E-state index contributed by atoms with van der Waals surface area (Å²) >= 11 is 0. The van der Waals surface area contributed by atoms with Gasteiger partial charge >= 0.3 is 11.9 Å². The van der Waals surface area contributed by atoms with Gasteiger partial charge < -0.3 is 15.6 Å². The van der Waals surface area contributed by atoms with Gasteiger partial charge in [-0.1, -0.05) is 27.2 Å². The molecule has 21 heavy (non-hydrogen) atoms. The van der Waals surface area contributed by atoms with Crippen molar-refractivity contribution in [1.29, 1.82) is 0 Å². The molecule has 0 aromatic rings. The summed E-state index contributed by atoms with van der Waals surface area (Å²) in [6.45, 7) is 7.25. The molecule has 6 nitrogen and oxygen atoms in total. The number of aliphatic carboxylic acids is 1. The van der Waals surface area contributed by atoms with Gasteiger partial charge in [0.2, 0.25) is 0 Å². The van der Waals surface area contributed by atoms with Crippen LogP contribution in [0.1, 0.15) is 47.0 Å². The predicted molar refractivity (Wildman–Crippen MR) is 84.5 cm³/mol. The fourth-order valence-electron chi connectivity index (χ4n) is 1.26. The zero-order valence-electron chi connectivity index (χ0n) is 13.6. The summed E-state index contributed by atoms with van der Waals surface area (Å²) in [6, 6.07) is -0.739. The van der Waals surface area contributed by atoms with Gasteiger partial charge in [-0.3, -0.25) is 9.00 Å². The molecule has 0 saturated heterocycles. The molecular formula is C14H29NO5S. The SMILES string of the molecule is CC(C)C[C@H](N)C(=O)O[C@@H](C)C(=O)O.CCCCS(C)=O. The summed E-state index contributed by atoms with van der Waals surface area (Å²) in [4.78, 5) is 21.5. The Hall–Kier alpha value is -0.950. The number of hydrogen-bond acceptors (Lipinski definition) is 5. The van der Waals surface area contributed by atoms with Gasteiger partial charge in [0.15, 0.2) is 6.10 Å². The summed E-state index contributed by atoms with van der Waals surface area (Å²) in [7, 11) is -0.565. The number of unbranched alkanes of at least 4 members (excludes halogenated alkanes) is 1. The molecule has 0 aliphatic heterocycles. The average molecular weight is 323 g/mol. The lowest BCUT2D eigenvalue weighted by molar-refractivity contribution is -0.163. The predicted octanol–water partition coefficient (Wildman–Crippen LogP) is 1.54. The Morgan fingerprint density at radius 2 is 1.81 bits per heavy atom. The molecular weight excluding hydrogens is 294 g/mol. The van der Waals surface area contributed by atoms with Gasteiger partial charge in [0.05, 0.1) is 0 Å². The first-order valence-electron chi connectivity index (χ1n) is 7.10. The Labute approximate surface area is 129 Å². The second-order valence-electron chi connectivity index (χ2n) is 5.28. The molecule has 0 amide bonds. The number of carboxylic acids is 1. The molecule has 0 aromatic heterocycles. The molecule has 3 atom stereocenters. The van der Waals surface area contributed by atoms with Crippen LogP contribution in [0.25, 0.3) is 0 Å². The lowest BCUT2D eigenvalue weighted by Crippen LogP contribution is -2.37. The molecule has 0 rings (SSSR count). The summed E-state index contributed by atoms with van der Waals surface area (Å²) in [5, 5.41) is 8.48. The maximum Gasteiger partial charge on any atom is 0.344 e. The summed E-state index contributed by atoms with van der Waals surface area (Å²) < 4.78 is 14.9. The van der Waals surface area contributed by atoms with Crippen molar-refractivity contribution in [3.8, 4) is 0 Å². The number of rotatable bonds is 8. The summed E-state index contributed by atoms with van der Waals surface area (Å²) in [5.41, 5.74) is 5.50. The average Bonchev–Trinajstić information content (AvgIpc) is 2.35. The van der Waals surface area contributed by atoms with Gasteiger partial charge in [-0.2, -0.15) is 0 Å². The van der Waals surface area contributed by atoms with Crippen molar-refractivity contribution < 1.29 is 23.6 Å². The topological polar surface area (TPSA) is 107 Å². The van der Waals surface area contributed by atoms with Crippen molar-refractivity contribution in [3.63, 3.8) is 0 Å². The highest BCUT2D eigenvalue weighted by Crippen LogP contribution is 2.05. The minimum absolute atomic E-state index is 0.276. The first-order valence-corrected chi connectivity index (χ1v) is 8.83. The highest BCUT2D eigenvalue weighted by atomic mass is 32.2. The van der Waals surface area contributed by atoms with Crippen molar-refractivity contribution in [1.82, 2.24) is 0 Å². The lowest BCUT2D eigenvalue weighted by Gasteiger charge is -2.15. The molecule has 0 radical (unpaired) electrons. The van der Waals surface area contributed by atoms with E-state index in [9.17, 15) is 13.8 Å². The van der Waals surface area contributed by atoms with Crippen molar-refractivity contribution in [3.05, 3.63) is 0 Å². The second kappa shape index (κ2) is 12.8. The molecule has 126 valence electrons. The van der Waals surface area contributed by atoms with Crippen LogP contribution in [0.3, 0.4) is 0 Å². The number of carboxylic acid groups (broad SMARTS) is 1. The summed E-state index contributed by atoms with van der Waals surface area (Å²) in [6.07, 6.45) is 3.35. The lowest BCUT2D eigenvalue weighted by atomic mass is 10.1. The number of carbonyl (C=O) groups excluding carboxylic acids is 1. The minimum Gasteiger partial charge on any atom is -0.479 e. The third kappa shape index (κ3) is 15.3. The highest BCUT2D eigenvalue weighted by Gasteiger charge is 2.22. The Morgan fingerprint density at radius 3 is 2.10 bits per heavy atom. The summed E-state index contributed by atoms with van der Waals surface area (Å²) in [5.74, 6) is -0.683. The van der Waals surface area contributed by atoms with Crippen molar-refractivity contribution in [2.45, 2.75) is 59.1 Å². The van der Waals surface area contributed by atoms with Crippen LogP contribution in [0.15, 0.2) is 0 Å². The van der Waals surface area contributed by atoms with Crippen LogP contribution < -0.4 is 5.73 Å². The first-order chi connectivity index (χ1) is 9.61. The Balaban J connectivity index is 0. The fraction of sp³-hybridized carbons (Fsp3) is 0.857. The van der Waals surface area contributed by atoms with Gasteiger partial charge in [-0.25, -0.2) is 4.79 Å². The van der Waals surface area contributed by atoms with E-state index >= 15 is 0 Å². The third-order valence-electron chi connectivity index (χ3n) is 2.45. The van der Waals surface area contributed by atoms with E-state index in [4.69, 9.17) is 10.8 Å². The van der Waals surface area contributed by atoms with E-state index in [1.807, 2.05) is 13.8 Å². The Morgan fingerprint density at radius 1 is 1.29 bits per heavy atom. The van der Waals surface area contributed by atoms with E-state index in [-0.39, 0.29) is 5.92 Å². The van der Waals surface area contributed by atoms with Gasteiger partial charge in [-0.05, 0) is 25.7 Å². The van der Waals surface area contributed by atoms with Crippen LogP contribution in [0.5, 0.6) is 0 Å². The third-order valence-corrected chi connectivity index (χ3v) is 3.32. The molecule has 0 bridgehead atoms. The van der Waals surface area contributed by atoms with Crippen LogP contribution in [-0.2, 0) is 25.1 Å². The van der Waals surface area contributed by atoms with E-state index in [0.717, 1.165) is 18.6 Å². The normalized spacial score (nSPS) is 14.6. The Bertz CT molecular complexity index is 333. The number of esters is 1. The van der Waals surface area contributed by atoms with E-state index < -0.39 is 34.9 Å². The van der Waals surface area contributed by atoms with Gasteiger partial charge in [0.25, 0.3) is 0 Å². The maximum atomic E-state index is 11.2. The number of hydrogen-bond donors (Lipinski definition) is 2. The molecule has 1 unspecified atom stereocenters. The molecule has 0 heterocycles. The van der Waals surface area contributed by atoms with Gasteiger partial charge in [0.1, 0.15) is 6.04 Å². The van der Waals surface area contributed by atoms with E-state index in [1.54, 1.807) is 6.26 Å². The molecule has 0 spiro atoms. The smallest absolute Gasteiger partial charge is 0.344 e. The highest BCUT2D eigenvalue weighted by molar-refractivity contribution is 7.84. The van der Waals surface area contributed by atoms with Crippen LogP contribution in [0, 0.1) is 5.92 Å². The fourth-order valence-corrected chi connectivity index (χ4v) is 1.96. The van der Waals surface area contributed by atoms with E-state index in [0.29, 0.717) is 6.42 Å². The minimum atomic E-state index is -1.17. The number of nitrogens with two attached hydrogens (primary N) is 1. The van der Waals surface area contributed by atoms with Crippen LogP contribution in [-0.4, -0.2) is 45.4 Å². The van der Waals surface area contributed by atoms with Crippen LogP contribution in [0.4, 0.5) is 0 Å². The van der Waals surface area contributed by atoms with Crippen molar-refractivity contribution in [2.24, 2.45) is 11.7 Å². The zero-order valence-corrected chi connectivity index (χ0v) is 14.4. The van der Waals surface area contributed by atoms with Crippen LogP contribution in [0.2, 0.25) is 0 Å². The molecule has 0 aliphatic carbocycles. The molecule has 7 heteroatoms. The standard InChI is InChI=1S/C9H17NO4.C5H12OS/c1-5(2)4-7(10)9(13)14-6(3)8(11)12;1-3-4-5-7(2)6/h5-7H,4,10H2,1-3H3,(H,11,12);3-5H2,1-2H3/t6-,7-;/m0./s1. The monoisotopic (exact) mass is 323 g/mol. The molecule has 0 saturated carbocycles. The zero-order chi connectivity index (χ0) is 17.0. The largest absolute Gasteiger partial charge is 0.479 e. The van der Waals surface area contributed by atoms with Crippen LogP contribution >= 0.6 is 0 Å². The molecule has 3 N–H and O–H groups in total. The second-order valence-corrected chi connectivity index (χ2v) is 6.84. The van der Waals surface area contributed by atoms with Gasteiger partial charge in [-0.15, -0.1) is 0 Å². The number of ether oxygens (including phenoxy) is 1. The van der Waals surface area contributed by atoms with Crippen molar-refractivity contribution in [2.75, 3.05) is 12.0 Å². The van der Waals surface area contributed by atoms with E-state index in [1.165, 1.54) is 6.92 Å².